The topological polar surface area (TPSA) is 102 Å². The van der Waals surface area contributed by atoms with Crippen molar-refractivity contribution >= 4 is 27.6 Å². The maximum absolute atomic E-state index is 13.9. The van der Waals surface area contributed by atoms with E-state index in [0.29, 0.717) is 5.56 Å². The second kappa shape index (κ2) is 7.31. The van der Waals surface area contributed by atoms with Gasteiger partial charge in [0.25, 0.3) is 15.9 Å². The van der Waals surface area contributed by atoms with Crippen LogP contribution in [0.25, 0.3) is 0 Å². The number of carbonyl (C=O) groups is 2. The molecular weight excluding hydrogens is 351 g/mol. The standard InChI is InChI=1S/C16H15FN2O5S/c1-18-15(20)10-3-6-12(7-4-10)19-25(22,23)14-9-11(16(21)24-2)5-8-13(14)17/h3-9,19H,1-2H3,(H,18,20). The third-order valence-corrected chi connectivity index (χ3v) is 4.66. The minimum Gasteiger partial charge on any atom is -0.465 e. The SMILES string of the molecule is CNC(=O)c1ccc(NS(=O)(=O)c2cc(C(=O)OC)ccc2F)cc1. The van der Waals surface area contributed by atoms with Crippen molar-refractivity contribution in [3.63, 3.8) is 0 Å². The summed E-state index contributed by atoms with van der Waals surface area (Å²) < 4.78 is 45.4. The Morgan fingerprint density at radius 1 is 1.04 bits per heavy atom. The van der Waals surface area contributed by atoms with E-state index in [0.717, 1.165) is 25.3 Å². The molecule has 0 aliphatic rings. The maximum Gasteiger partial charge on any atom is 0.337 e. The molecule has 0 bridgehead atoms. The van der Waals surface area contributed by atoms with Crippen LogP contribution in [0.1, 0.15) is 20.7 Å². The Kier molecular flexibility index (Phi) is 5.38. The number of carbonyl (C=O) groups excluding carboxylic acids is 2. The molecule has 0 aliphatic heterocycles. The van der Waals surface area contributed by atoms with Crippen LogP contribution >= 0.6 is 0 Å². The smallest absolute Gasteiger partial charge is 0.337 e. The summed E-state index contributed by atoms with van der Waals surface area (Å²) in [6.07, 6.45) is 0. The molecule has 2 aromatic carbocycles. The number of halogens is 1. The van der Waals surface area contributed by atoms with Gasteiger partial charge < -0.3 is 10.1 Å². The molecule has 9 heteroatoms. The lowest BCUT2D eigenvalue weighted by Crippen LogP contribution is -2.18. The molecule has 132 valence electrons. The van der Waals surface area contributed by atoms with Crippen LogP contribution in [0.4, 0.5) is 10.1 Å². The summed E-state index contributed by atoms with van der Waals surface area (Å²) in [7, 11) is -1.68. The molecule has 0 saturated carbocycles. The number of sulfonamides is 1. The largest absolute Gasteiger partial charge is 0.465 e. The summed E-state index contributed by atoms with van der Waals surface area (Å²) in [5.74, 6) is -2.13. The number of esters is 1. The number of hydrogen-bond acceptors (Lipinski definition) is 5. The van der Waals surface area contributed by atoms with Crippen molar-refractivity contribution in [2.75, 3.05) is 18.9 Å². The van der Waals surface area contributed by atoms with E-state index in [-0.39, 0.29) is 17.2 Å². The molecule has 7 nitrogen and oxygen atoms in total. The van der Waals surface area contributed by atoms with Crippen molar-refractivity contribution in [2.45, 2.75) is 4.90 Å². The molecule has 0 fully saturated rings. The van der Waals surface area contributed by atoms with Crippen molar-refractivity contribution in [2.24, 2.45) is 0 Å². The van der Waals surface area contributed by atoms with Crippen LogP contribution in [0.2, 0.25) is 0 Å². The third kappa shape index (κ3) is 4.13. The molecule has 2 aromatic rings. The predicted octanol–water partition coefficient (Wildman–Crippen LogP) is 1.77. The van der Waals surface area contributed by atoms with Crippen LogP contribution in [0.5, 0.6) is 0 Å². The normalized spacial score (nSPS) is 10.8. The first kappa shape index (κ1) is 18.4. The van der Waals surface area contributed by atoms with Crippen molar-refractivity contribution in [1.29, 1.82) is 0 Å². The molecule has 0 unspecified atom stereocenters. The average Bonchev–Trinajstić information content (AvgIpc) is 2.61. The highest BCUT2D eigenvalue weighted by Crippen LogP contribution is 2.21. The number of amides is 1. The molecule has 0 aliphatic carbocycles. The van der Waals surface area contributed by atoms with Gasteiger partial charge in [-0.05, 0) is 42.5 Å². The molecule has 2 N–H and O–H groups in total. The lowest BCUT2D eigenvalue weighted by molar-refractivity contribution is 0.0600. The number of rotatable bonds is 5. The molecule has 0 radical (unpaired) electrons. The van der Waals surface area contributed by atoms with E-state index in [4.69, 9.17) is 0 Å². The molecular formula is C16H15FN2O5S. The van der Waals surface area contributed by atoms with E-state index in [1.165, 1.54) is 31.3 Å². The molecule has 0 spiro atoms. The molecule has 0 saturated heterocycles. The van der Waals surface area contributed by atoms with Crippen LogP contribution in [0.15, 0.2) is 47.4 Å². The molecule has 1 amide bonds. The van der Waals surface area contributed by atoms with Gasteiger partial charge in [0, 0.05) is 18.3 Å². The zero-order chi connectivity index (χ0) is 18.6. The Morgan fingerprint density at radius 2 is 1.64 bits per heavy atom. The Morgan fingerprint density at radius 3 is 2.20 bits per heavy atom. The van der Waals surface area contributed by atoms with E-state index in [1.54, 1.807) is 0 Å². The summed E-state index contributed by atoms with van der Waals surface area (Å²) in [6, 6.07) is 8.44. The molecule has 0 aromatic heterocycles. The quantitative estimate of drug-likeness (QED) is 0.786. The zero-order valence-corrected chi connectivity index (χ0v) is 14.2. The molecule has 25 heavy (non-hydrogen) atoms. The van der Waals surface area contributed by atoms with E-state index in [9.17, 15) is 22.4 Å². The summed E-state index contributed by atoms with van der Waals surface area (Å²) >= 11 is 0. The van der Waals surface area contributed by atoms with Gasteiger partial charge in [0.1, 0.15) is 10.7 Å². The van der Waals surface area contributed by atoms with Gasteiger partial charge in [0.2, 0.25) is 0 Å². The maximum atomic E-state index is 13.9. The Balaban J connectivity index is 2.33. The summed E-state index contributed by atoms with van der Waals surface area (Å²) in [6.45, 7) is 0. The fourth-order valence-corrected chi connectivity index (χ4v) is 3.16. The number of anilines is 1. The van der Waals surface area contributed by atoms with E-state index in [2.05, 4.69) is 14.8 Å². The van der Waals surface area contributed by atoms with E-state index < -0.39 is 26.7 Å². The van der Waals surface area contributed by atoms with Crippen LogP contribution in [0, 0.1) is 5.82 Å². The van der Waals surface area contributed by atoms with Crippen LogP contribution in [-0.4, -0.2) is 34.5 Å². The van der Waals surface area contributed by atoms with Gasteiger partial charge in [-0.25, -0.2) is 17.6 Å². The molecule has 0 heterocycles. The van der Waals surface area contributed by atoms with Gasteiger partial charge in [-0.1, -0.05) is 0 Å². The monoisotopic (exact) mass is 366 g/mol. The van der Waals surface area contributed by atoms with Crippen LogP contribution in [0.3, 0.4) is 0 Å². The van der Waals surface area contributed by atoms with Gasteiger partial charge >= 0.3 is 5.97 Å². The molecule has 2 rings (SSSR count). The first-order valence-electron chi connectivity index (χ1n) is 7.01. The van der Waals surface area contributed by atoms with Gasteiger partial charge in [-0.2, -0.15) is 0 Å². The number of benzene rings is 2. The zero-order valence-electron chi connectivity index (χ0n) is 13.4. The minimum atomic E-state index is -4.28. The van der Waals surface area contributed by atoms with Crippen molar-refractivity contribution in [3.8, 4) is 0 Å². The molecule has 0 atom stereocenters. The second-order valence-electron chi connectivity index (χ2n) is 4.90. The van der Waals surface area contributed by atoms with Gasteiger partial charge in [0.05, 0.1) is 12.7 Å². The first-order valence-corrected chi connectivity index (χ1v) is 8.49. The summed E-state index contributed by atoms with van der Waals surface area (Å²) in [5.41, 5.74) is 0.374. The third-order valence-electron chi connectivity index (χ3n) is 3.27. The summed E-state index contributed by atoms with van der Waals surface area (Å²) in [4.78, 5) is 22.3. The Hall–Kier alpha value is -2.94. The van der Waals surface area contributed by atoms with Crippen molar-refractivity contribution in [1.82, 2.24) is 5.32 Å². The lowest BCUT2D eigenvalue weighted by atomic mass is 10.2. The number of ether oxygens (including phenoxy) is 1. The van der Waals surface area contributed by atoms with Crippen molar-refractivity contribution in [3.05, 3.63) is 59.4 Å². The van der Waals surface area contributed by atoms with Crippen molar-refractivity contribution < 1.29 is 27.1 Å². The number of hydrogen-bond donors (Lipinski definition) is 2. The fraction of sp³-hybridized carbons (Fsp3) is 0.125. The van der Waals surface area contributed by atoms with Gasteiger partial charge in [-0.15, -0.1) is 0 Å². The van der Waals surface area contributed by atoms with Gasteiger partial charge in [-0.3, -0.25) is 9.52 Å². The Labute approximate surface area is 143 Å². The van der Waals surface area contributed by atoms with Crippen LogP contribution < -0.4 is 10.0 Å². The minimum absolute atomic E-state index is 0.0979. The van der Waals surface area contributed by atoms with Gasteiger partial charge in [0.15, 0.2) is 0 Å². The number of methoxy groups -OCH3 is 1. The highest BCUT2D eigenvalue weighted by atomic mass is 32.2. The Bertz CT molecular complexity index is 911. The average molecular weight is 366 g/mol. The number of nitrogens with one attached hydrogen (secondary N) is 2. The highest BCUT2D eigenvalue weighted by molar-refractivity contribution is 7.92. The lowest BCUT2D eigenvalue weighted by Gasteiger charge is -2.10. The summed E-state index contributed by atoms with van der Waals surface area (Å²) in [5, 5.41) is 2.43. The van der Waals surface area contributed by atoms with E-state index in [1.807, 2.05) is 0 Å². The van der Waals surface area contributed by atoms with Crippen LogP contribution in [-0.2, 0) is 14.8 Å². The first-order chi connectivity index (χ1) is 11.8. The fourth-order valence-electron chi connectivity index (χ4n) is 2.00. The highest BCUT2D eigenvalue weighted by Gasteiger charge is 2.21. The predicted molar refractivity (Wildman–Crippen MR) is 88.4 cm³/mol. The second-order valence-corrected chi connectivity index (χ2v) is 6.55. The van der Waals surface area contributed by atoms with E-state index >= 15 is 0 Å².